The molecule has 0 spiro atoms. The third kappa shape index (κ3) is 3.22. The maximum Gasteiger partial charge on any atom is 0.0548 e. The number of nitrogens with one attached hydrogen (secondary N) is 1. The summed E-state index contributed by atoms with van der Waals surface area (Å²) in [6.45, 7) is 6.67. The van der Waals surface area contributed by atoms with E-state index in [4.69, 9.17) is 11.6 Å². The summed E-state index contributed by atoms with van der Waals surface area (Å²) in [5, 5.41) is 4.18. The maximum absolute atomic E-state index is 6.04. The molecule has 1 atom stereocenters. The minimum absolute atomic E-state index is 0.505. The van der Waals surface area contributed by atoms with E-state index in [-0.39, 0.29) is 0 Å². The van der Waals surface area contributed by atoms with Crippen LogP contribution in [0.5, 0.6) is 0 Å². The second-order valence-corrected chi connectivity index (χ2v) is 5.65. The van der Waals surface area contributed by atoms with E-state index in [0.29, 0.717) is 6.04 Å². The molecule has 1 aromatic rings. The van der Waals surface area contributed by atoms with Gasteiger partial charge in [-0.05, 0) is 40.0 Å². The van der Waals surface area contributed by atoms with E-state index < -0.39 is 0 Å². The molecule has 0 amide bonds. The van der Waals surface area contributed by atoms with Gasteiger partial charge in [0.05, 0.1) is 5.02 Å². The zero-order valence-corrected chi connectivity index (χ0v) is 12.4. The van der Waals surface area contributed by atoms with Crippen LogP contribution >= 0.6 is 27.5 Å². The Balaban J connectivity index is 2.18. The highest BCUT2D eigenvalue weighted by atomic mass is 79.9. The van der Waals surface area contributed by atoms with Gasteiger partial charge >= 0.3 is 0 Å². The minimum Gasteiger partial charge on any atom is -0.314 e. The molecule has 0 aliphatic carbocycles. The number of hydrogen-bond acceptors (Lipinski definition) is 2. The summed E-state index contributed by atoms with van der Waals surface area (Å²) in [5.41, 5.74) is 1.35. The summed E-state index contributed by atoms with van der Waals surface area (Å²) in [5.74, 6) is 0. The van der Waals surface area contributed by atoms with Gasteiger partial charge in [-0.15, -0.1) is 0 Å². The Kier molecular flexibility index (Phi) is 4.86. The van der Waals surface area contributed by atoms with Crippen LogP contribution in [-0.2, 0) is 0 Å². The van der Waals surface area contributed by atoms with Crippen molar-refractivity contribution >= 4 is 27.5 Å². The Labute approximate surface area is 116 Å². The number of hydrogen-bond donors (Lipinski definition) is 1. The molecule has 2 nitrogen and oxygen atoms in total. The van der Waals surface area contributed by atoms with Crippen molar-refractivity contribution in [3.63, 3.8) is 0 Å². The van der Waals surface area contributed by atoms with Crippen LogP contribution in [0.2, 0.25) is 5.02 Å². The lowest BCUT2D eigenvalue weighted by Crippen LogP contribution is -2.45. The Morgan fingerprint density at radius 1 is 1.41 bits per heavy atom. The smallest absolute Gasteiger partial charge is 0.0548 e. The topological polar surface area (TPSA) is 15.3 Å². The van der Waals surface area contributed by atoms with E-state index in [1.807, 2.05) is 6.07 Å². The predicted molar refractivity (Wildman–Crippen MR) is 76.6 cm³/mol. The first-order chi connectivity index (χ1) is 8.22. The van der Waals surface area contributed by atoms with Crippen LogP contribution in [0.3, 0.4) is 0 Å². The number of nitrogens with zero attached hydrogens (tertiary/aromatic N) is 1. The van der Waals surface area contributed by atoms with Gasteiger partial charge in [0.1, 0.15) is 0 Å². The van der Waals surface area contributed by atoms with Crippen LogP contribution in [0.1, 0.15) is 24.9 Å². The van der Waals surface area contributed by atoms with Crippen LogP contribution in [0.15, 0.2) is 22.7 Å². The van der Waals surface area contributed by atoms with Gasteiger partial charge in [0, 0.05) is 36.7 Å². The Hall–Kier alpha value is -0.0900. The highest BCUT2D eigenvalue weighted by molar-refractivity contribution is 9.10. The van der Waals surface area contributed by atoms with Gasteiger partial charge in [-0.1, -0.05) is 24.6 Å². The lowest BCUT2D eigenvalue weighted by atomic mass is 10.0. The minimum atomic E-state index is 0.505. The summed E-state index contributed by atoms with van der Waals surface area (Å²) >= 11 is 9.55. The van der Waals surface area contributed by atoms with Crippen molar-refractivity contribution in [2.24, 2.45) is 0 Å². The van der Waals surface area contributed by atoms with E-state index >= 15 is 0 Å². The van der Waals surface area contributed by atoms with Crippen LogP contribution in [-0.4, -0.2) is 31.1 Å². The summed E-state index contributed by atoms with van der Waals surface area (Å²) in [6, 6.07) is 6.78. The Bertz CT molecular complexity index is 378. The second kappa shape index (κ2) is 6.19. The van der Waals surface area contributed by atoms with Crippen molar-refractivity contribution in [2.45, 2.75) is 19.4 Å². The van der Waals surface area contributed by atoms with Crippen molar-refractivity contribution in [3.05, 3.63) is 33.3 Å². The molecule has 2 rings (SSSR count). The molecular weight excluding hydrogens is 300 g/mol. The molecule has 1 fully saturated rings. The van der Waals surface area contributed by atoms with Gasteiger partial charge in [-0.25, -0.2) is 0 Å². The van der Waals surface area contributed by atoms with Crippen molar-refractivity contribution in [1.29, 1.82) is 0 Å². The van der Waals surface area contributed by atoms with E-state index in [1.54, 1.807) is 0 Å². The Morgan fingerprint density at radius 3 is 2.71 bits per heavy atom. The van der Waals surface area contributed by atoms with Crippen molar-refractivity contribution in [2.75, 3.05) is 26.2 Å². The monoisotopic (exact) mass is 316 g/mol. The molecule has 1 aliphatic heterocycles. The van der Waals surface area contributed by atoms with E-state index in [1.165, 1.54) is 5.56 Å². The molecule has 0 saturated carbocycles. The van der Waals surface area contributed by atoms with Crippen molar-refractivity contribution < 1.29 is 0 Å². The van der Waals surface area contributed by atoms with E-state index in [0.717, 1.165) is 42.1 Å². The Morgan fingerprint density at radius 2 is 2.12 bits per heavy atom. The van der Waals surface area contributed by atoms with Crippen LogP contribution in [0, 0.1) is 0 Å². The van der Waals surface area contributed by atoms with Gasteiger partial charge in [-0.2, -0.15) is 0 Å². The lowest BCUT2D eigenvalue weighted by molar-refractivity contribution is 0.169. The molecule has 1 aromatic carbocycles. The third-order valence-electron chi connectivity index (χ3n) is 3.31. The molecule has 0 unspecified atom stereocenters. The zero-order valence-electron chi connectivity index (χ0n) is 10.0. The first-order valence-corrected chi connectivity index (χ1v) is 7.29. The zero-order chi connectivity index (χ0) is 12.3. The largest absolute Gasteiger partial charge is 0.314 e. The average molecular weight is 318 g/mol. The standard InChI is InChI=1S/C13H18BrClN2/c1-2-13(17-7-5-16-6-8-17)10-3-4-12(15)11(14)9-10/h3-4,9,13,16H,2,5-8H2,1H3/t13-/m1/s1. The lowest BCUT2D eigenvalue weighted by Gasteiger charge is -2.34. The molecule has 0 aromatic heterocycles. The van der Waals surface area contributed by atoms with E-state index in [2.05, 4.69) is 45.2 Å². The molecule has 4 heteroatoms. The van der Waals surface area contributed by atoms with E-state index in [9.17, 15) is 0 Å². The van der Waals surface area contributed by atoms with Crippen molar-refractivity contribution in [1.82, 2.24) is 10.2 Å². The van der Waals surface area contributed by atoms with Gasteiger partial charge in [0.25, 0.3) is 0 Å². The number of piperazine rings is 1. The fourth-order valence-electron chi connectivity index (χ4n) is 2.42. The number of benzene rings is 1. The molecule has 1 heterocycles. The molecule has 17 heavy (non-hydrogen) atoms. The summed E-state index contributed by atoms with van der Waals surface area (Å²) in [6.07, 6.45) is 1.13. The fourth-order valence-corrected chi connectivity index (χ4v) is 2.93. The summed E-state index contributed by atoms with van der Waals surface area (Å²) in [7, 11) is 0. The SMILES string of the molecule is CC[C@H](c1ccc(Cl)c(Br)c1)N1CCNCC1. The predicted octanol–water partition coefficient (Wildman–Crippen LogP) is 3.46. The van der Waals surface area contributed by atoms with Gasteiger partial charge < -0.3 is 5.32 Å². The normalized spacial score (nSPS) is 19.2. The van der Waals surface area contributed by atoms with Crippen LogP contribution in [0.4, 0.5) is 0 Å². The van der Waals surface area contributed by atoms with Gasteiger partial charge in [0.2, 0.25) is 0 Å². The second-order valence-electron chi connectivity index (χ2n) is 4.38. The molecule has 94 valence electrons. The molecule has 0 radical (unpaired) electrons. The van der Waals surface area contributed by atoms with Crippen LogP contribution in [0.25, 0.3) is 0 Å². The first-order valence-electron chi connectivity index (χ1n) is 6.12. The third-order valence-corrected chi connectivity index (χ3v) is 4.52. The van der Waals surface area contributed by atoms with Gasteiger partial charge in [0.15, 0.2) is 0 Å². The molecule has 0 bridgehead atoms. The summed E-state index contributed by atoms with van der Waals surface area (Å²) in [4.78, 5) is 2.55. The molecular formula is C13H18BrClN2. The average Bonchev–Trinajstić information content (AvgIpc) is 2.36. The highest BCUT2D eigenvalue weighted by Gasteiger charge is 2.20. The fraction of sp³-hybridized carbons (Fsp3) is 0.538. The maximum atomic E-state index is 6.04. The quantitative estimate of drug-likeness (QED) is 0.918. The molecule has 1 aliphatic rings. The molecule has 1 N–H and O–H groups in total. The number of rotatable bonds is 3. The highest BCUT2D eigenvalue weighted by Crippen LogP contribution is 2.30. The van der Waals surface area contributed by atoms with Crippen molar-refractivity contribution in [3.8, 4) is 0 Å². The number of halogens is 2. The van der Waals surface area contributed by atoms with Gasteiger partial charge in [-0.3, -0.25) is 4.90 Å². The molecule has 1 saturated heterocycles. The first kappa shape index (κ1) is 13.3. The van der Waals surface area contributed by atoms with Crippen LogP contribution < -0.4 is 5.32 Å². The summed E-state index contributed by atoms with van der Waals surface area (Å²) < 4.78 is 0.991.